The highest BCUT2D eigenvalue weighted by Crippen LogP contribution is 2.50. The molecule has 1 N–H and O–H groups in total. The summed E-state index contributed by atoms with van der Waals surface area (Å²) in [6, 6.07) is 30.8. The van der Waals surface area contributed by atoms with Crippen LogP contribution >= 0.6 is 0 Å². The number of barbiturate groups is 1. The van der Waals surface area contributed by atoms with Crippen molar-refractivity contribution in [3.8, 4) is 18.1 Å². The number of nitrogens with one attached hydrogen (secondary N) is 1. The number of carbonyl (C=O) groups excluding carboxylic acids is 3. The third kappa shape index (κ3) is 5.25. The number of nitrogens with zero attached hydrogens (tertiary/aromatic N) is 2. The fraction of sp³-hybridized carbons (Fsp3) is 0.184. The Labute approximate surface area is 262 Å². The van der Waals surface area contributed by atoms with E-state index in [1.807, 2.05) is 48.5 Å². The van der Waals surface area contributed by atoms with Gasteiger partial charge in [0, 0.05) is 30.6 Å². The molecular formula is C38H31N3O4. The highest BCUT2D eigenvalue weighted by Gasteiger charge is 2.40. The Hall–Kier alpha value is -5.61. The summed E-state index contributed by atoms with van der Waals surface area (Å²) in [6.07, 6.45) is 8.60. The van der Waals surface area contributed by atoms with Crippen LogP contribution in [0.15, 0.2) is 103 Å². The average molecular weight is 594 g/mol. The van der Waals surface area contributed by atoms with Gasteiger partial charge in [-0.1, -0.05) is 78.7 Å². The van der Waals surface area contributed by atoms with Gasteiger partial charge in [0.15, 0.2) is 0 Å². The fourth-order valence-electron chi connectivity index (χ4n) is 6.81. The van der Waals surface area contributed by atoms with Crippen LogP contribution in [0.4, 0.5) is 16.2 Å². The maximum atomic E-state index is 14.0. The summed E-state index contributed by atoms with van der Waals surface area (Å²) in [4.78, 5) is 44.0. The highest BCUT2D eigenvalue weighted by molar-refractivity contribution is 6.39. The van der Waals surface area contributed by atoms with Crippen LogP contribution < -0.4 is 19.9 Å². The number of urea groups is 1. The van der Waals surface area contributed by atoms with Crippen molar-refractivity contribution in [1.82, 2.24) is 5.32 Å². The predicted molar refractivity (Wildman–Crippen MR) is 174 cm³/mol. The summed E-state index contributed by atoms with van der Waals surface area (Å²) >= 11 is 0. The number of benzene rings is 4. The number of rotatable bonds is 6. The van der Waals surface area contributed by atoms with Crippen LogP contribution in [-0.2, 0) is 9.59 Å². The van der Waals surface area contributed by atoms with Crippen molar-refractivity contribution in [2.24, 2.45) is 0 Å². The molecule has 3 aliphatic rings. The van der Waals surface area contributed by atoms with Crippen molar-refractivity contribution in [2.75, 3.05) is 29.5 Å². The number of hydrogen-bond acceptors (Lipinski definition) is 5. The van der Waals surface area contributed by atoms with Gasteiger partial charge in [0.05, 0.1) is 5.69 Å². The summed E-state index contributed by atoms with van der Waals surface area (Å²) < 4.78 is 5.43. The Kier molecular flexibility index (Phi) is 7.40. The van der Waals surface area contributed by atoms with Gasteiger partial charge in [-0.15, -0.1) is 6.42 Å². The van der Waals surface area contributed by atoms with Crippen molar-refractivity contribution in [3.63, 3.8) is 0 Å². The van der Waals surface area contributed by atoms with Gasteiger partial charge in [0.1, 0.15) is 17.9 Å². The SMILES string of the molecule is C#CCOc1ccc(/C=C2\C(=O)NC(=O)N(c3cc4c5c(c3)[C@H](c3ccccc3)CCN5CC[C@@H]4c3ccccc3)C2=O)cc1. The lowest BCUT2D eigenvalue weighted by Gasteiger charge is -2.44. The molecule has 0 radical (unpaired) electrons. The maximum Gasteiger partial charge on any atom is 0.335 e. The second kappa shape index (κ2) is 11.8. The first-order valence-electron chi connectivity index (χ1n) is 15.1. The molecular weight excluding hydrogens is 562 g/mol. The van der Waals surface area contributed by atoms with Gasteiger partial charge < -0.3 is 9.64 Å². The zero-order chi connectivity index (χ0) is 30.9. The summed E-state index contributed by atoms with van der Waals surface area (Å²) in [5.41, 5.74) is 6.68. The van der Waals surface area contributed by atoms with Gasteiger partial charge in [0.2, 0.25) is 0 Å². The molecule has 4 aromatic rings. The number of anilines is 2. The van der Waals surface area contributed by atoms with E-state index in [2.05, 4.69) is 40.4 Å². The largest absolute Gasteiger partial charge is 0.481 e. The van der Waals surface area contributed by atoms with Crippen LogP contribution in [0, 0.1) is 12.3 Å². The fourth-order valence-corrected chi connectivity index (χ4v) is 6.81. The first-order valence-corrected chi connectivity index (χ1v) is 15.1. The number of carbonyl (C=O) groups is 3. The molecule has 7 rings (SSSR count). The van der Waals surface area contributed by atoms with Crippen molar-refractivity contribution in [2.45, 2.75) is 24.7 Å². The minimum absolute atomic E-state index is 0.0977. The number of hydrogen-bond donors (Lipinski definition) is 1. The third-order valence-corrected chi connectivity index (χ3v) is 8.87. The third-order valence-electron chi connectivity index (χ3n) is 8.87. The molecule has 0 aliphatic carbocycles. The Morgan fingerprint density at radius 3 is 1.96 bits per heavy atom. The Morgan fingerprint density at radius 2 is 1.40 bits per heavy atom. The van der Waals surface area contributed by atoms with E-state index in [1.54, 1.807) is 24.3 Å². The van der Waals surface area contributed by atoms with E-state index in [0.29, 0.717) is 17.0 Å². The lowest BCUT2D eigenvalue weighted by molar-refractivity contribution is -0.122. The molecule has 0 spiro atoms. The predicted octanol–water partition coefficient (Wildman–Crippen LogP) is 6.24. The smallest absolute Gasteiger partial charge is 0.335 e. The minimum Gasteiger partial charge on any atom is -0.481 e. The van der Waals surface area contributed by atoms with Gasteiger partial charge in [-0.25, -0.2) is 9.69 Å². The lowest BCUT2D eigenvalue weighted by atomic mass is 9.76. The summed E-state index contributed by atoms with van der Waals surface area (Å²) in [7, 11) is 0. The Morgan fingerprint density at radius 1 is 0.822 bits per heavy atom. The van der Waals surface area contributed by atoms with E-state index in [4.69, 9.17) is 11.2 Å². The van der Waals surface area contributed by atoms with Crippen LogP contribution in [0.2, 0.25) is 0 Å². The second-order valence-electron chi connectivity index (χ2n) is 11.5. The maximum absolute atomic E-state index is 14.0. The molecule has 4 aromatic carbocycles. The lowest BCUT2D eigenvalue weighted by Crippen LogP contribution is -2.54. The quantitative estimate of drug-likeness (QED) is 0.163. The number of ether oxygens (including phenoxy) is 1. The molecule has 222 valence electrons. The van der Waals surface area contributed by atoms with E-state index >= 15 is 0 Å². The summed E-state index contributed by atoms with van der Waals surface area (Å²) in [5, 5.41) is 2.40. The molecule has 1 saturated heterocycles. The monoisotopic (exact) mass is 593 g/mol. The van der Waals surface area contributed by atoms with Crippen molar-refractivity contribution in [1.29, 1.82) is 0 Å². The van der Waals surface area contributed by atoms with Gasteiger partial charge >= 0.3 is 6.03 Å². The van der Waals surface area contributed by atoms with E-state index < -0.39 is 17.8 Å². The van der Waals surface area contributed by atoms with Crippen LogP contribution in [-0.4, -0.2) is 37.5 Å². The number of terminal acetylenes is 1. The molecule has 0 aromatic heterocycles. The van der Waals surface area contributed by atoms with Gasteiger partial charge in [-0.3, -0.25) is 14.9 Å². The van der Waals surface area contributed by atoms with E-state index in [0.717, 1.165) is 42.0 Å². The van der Waals surface area contributed by atoms with E-state index in [-0.39, 0.29) is 24.0 Å². The molecule has 7 heteroatoms. The molecule has 3 aliphatic heterocycles. The molecule has 1 fully saturated rings. The van der Waals surface area contributed by atoms with Crippen molar-refractivity contribution in [3.05, 3.63) is 130 Å². The first-order chi connectivity index (χ1) is 22.0. The first kappa shape index (κ1) is 28.2. The Balaban J connectivity index is 1.34. The van der Waals surface area contributed by atoms with Gasteiger partial charge in [-0.05, 0) is 71.0 Å². The highest BCUT2D eigenvalue weighted by atomic mass is 16.5. The molecule has 7 nitrogen and oxygen atoms in total. The summed E-state index contributed by atoms with van der Waals surface area (Å²) in [5.74, 6) is 1.79. The molecule has 4 amide bonds. The zero-order valence-electron chi connectivity index (χ0n) is 24.6. The van der Waals surface area contributed by atoms with Crippen LogP contribution in [0.1, 0.15) is 52.5 Å². The minimum atomic E-state index is -0.761. The summed E-state index contributed by atoms with van der Waals surface area (Å²) in [6.45, 7) is 1.99. The number of imide groups is 2. The molecule has 0 bridgehead atoms. The molecule has 2 atom stereocenters. The normalized spacial score (nSPS) is 20.0. The molecule has 0 saturated carbocycles. The van der Waals surface area contributed by atoms with E-state index in [1.165, 1.54) is 22.9 Å². The average Bonchev–Trinajstić information content (AvgIpc) is 3.07. The Bertz CT molecular complexity index is 1790. The van der Waals surface area contributed by atoms with Crippen LogP contribution in [0.25, 0.3) is 6.08 Å². The molecule has 3 heterocycles. The molecule has 45 heavy (non-hydrogen) atoms. The van der Waals surface area contributed by atoms with Crippen LogP contribution in [0.3, 0.4) is 0 Å². The zero-order valence-corrected chi connectivity index (χ0v) is 24.6. The van der Waals surface area contributed by atoms with Crippen LogP contribution in [0.5, 0.6) is 5.75 Å². The van der Waals surface area contributed by atoms with Crippen molar-refractivity contribution >= 4 is 35.3 Å². The topological polar surface area (TPSA) is 79.0 Å². The molecule has 0 unspecified atom stereocenters. The number of amides is 4. The van der Waals surface area contributed by atoms with Crippen molar-refractivity contribution < 1.29 is 19.1 Å². The standard InChI is InChI=1S/C38H31N3O4/c1-2-21-45-29-15-13-25(14-16-29)22-34-36(42)39-38(44)41(37(34)43)28-23-32-30(26-9-5-3-6-10-26)17-19-40-20-18-31(33(24-28)35(32)40)27-11-7-4-8-12-27/h1,3-16,22-24,30-31H,17-21H2,(H,39,42,44)/b34-22+/t30-,31+. The van der Waals surface area contributed by atoms with E-state index in [9.17, 15) is 14.4 Å². The van der Waals surface area contributed by atoms with Gasteiger partial charge in [-0.2, -0.15) is 0 Å². The second-order valence-corrected chi connectivity index (χ2v) is 11.5. The van der Waals surface area contributed by atoms with Gasteiger partial charge in [0.25, 0.3) is 11.8 Å².